The highest BCUT2D eigenvalue weighted by Gasteiger charge is 2.52. The highest BCUT2D eigenvalue weighted by atomic mass is 31.2. The average Bonchev–Trinajstić information content (AvgIpc) is 3.07. The lowest BCUT2D eigenvalue weighted by Gasteiger charge is -2.23. The summed E-state index contributed by atoms with van der Waals surface area (Å²) in [7, 11) is -4.67. The number of rotatable bonds is 1. The van der Waals surface area contributed by atoms with Gasteiger partial charge in [-0.3, -0.25) is 0 Å². The van der Waals surface area contributed by atoms with Crippen LogP contribution in [0.1, 0.15) is 11.1 Å². The summed E-state index contributed by atoms with van der Waals surface area (Å²) in [5, 5.41) is 5.91. The van der Waals surface area contributed by atoms with Crippen LogP contribution in [0.4, 0.5) is 0 Å². The lowest BCUT2D eigenvalue weighted by Crippen LogP contribution is -2.41. The number of fused-ring (bicyclic) bond motifs is 4. The van der Waals surface area contributed by atoms with Gasteiger partial charge in [-0.2, -0.15) is 0 Å². The van der Waals surface area contributed by atoms with E-state index in [0.29, 0.717) is 0 Å². The summed E-state index contributed by atoms with van der Waals surface area (Å²) >= 11 is 0. The smallest absolute Gasteiger partial charge is 0.172 e. The molecule has 0 radical (unpaired) electrons. The Balaban J connectivity index is 1.95. The lowest BCUT2D eigenvalue weighted by molar-refractivity contribution is 0.593. The van der Waals surface area contributed by atoms with Crippen molar-refractivity contribution in [2.24, 2.45) is 0 Å². The first-order chi connectivity index (χ1) is 12.1. The molecule has 5 rings (SSSR count). The van der Waals surface area contributed by atoms with Crippen LogP contribution in [0.2, 0.25) is 13.1 Å². The minimum Gasteiger partial charge on any atom is -0.309 e. The molecule has 3 aromatic carbocycles. The molecule has 0 fully saturated rings. The van der Waals surface area contributed by atoms with Gasteiger partial charge in [-0.1, -0.05) is 92.0 Å². The Morgan fingerprint density at radius 2 is 1.32 bits per heavy atom. The highest BCUT2D eigenvalue weighted by molar-refractivity contribution is 7.89. The third-order valence-corrected chi connectivity index (χ3v) is 12.6. The van der Waals surface area contributed by atoms with Gasteiger partial charge in [-0.05, 0) is 21.5 Å². The Morgan fingerprint density at radius 1 is 0.720 bits per heavy atom. The van der Waals surface area contributed by atoms with Gasteiger partial charge in [0.15, 0.2) is 7.14 Å². The summed E-state index contributed by atoms with van der Waals surface area (Å²) in [6.45, 7) is 4.79. The maximum Gasteiger partial charge on any atom is 0.172 e. The third-order valence-electron chi connectivity index (χ3n) is 5.66. The van der Waals surface area contributed by atoms with Crippen LogP contribution in [0.15, 0.2) is 78.9 Å². The van der Waals surface area contributed by atoms with E-state index >= 15 is 0 Å². The summed E-state index contributed by atoms with van der Waals surface area (Å²) in [4.78, 5) is 0. The zero-order valence-corrected chi connectivity index (χ0v) is 16.3. The van der Waals surface area contributed by atoms with Gasteiger partial charge in [-0.15, -0.1) is 0 Å². The molecule has 0 aromatic heterocycles. The van der Waals surface area contributed by atoms with Gasteiger partial charge in [0.1, 0.15) is 8.07 Å². The Labute approximate surface area is 149 Å². The molecule has 2 aliphatic heterocycles. The molecule has 0 aliphatic carbocycles. The van der Waals surface area contributed by atoms with E-state index in [-0.39, 0.29) is 0 Å². The predicted octanol–water partition coefficient (Wildman–Crippen LogP) is 4.35. The zero-order chi connectivity index (χ0) is 17.2. The molecular weight excluding hydrogens is 339 g/mol. The summed E-state index contributed by atoms with van der Waals surface area (Å²) < 4.78 is 14.7. The van der Waals surface area contributed by atoms with Gasteiger partial charge in [0.2, 0.25) is 0 Å². The van der Waals surface area contributed by atoms with Crippen molar-refractivity contribution in [1.82, 2.24) is 0 Å². The molecule has 122 valence electrons. The third kappa shape index (κ3) is 1.76. The number of hydrogen-bond donors (Lipinski definition) is 0. The number of hydrogen-bond acceptors (Lipinski definition) is 1. The van der Waals surface area contributed by atoms with E-state index < -0.39 is 15.2 Å². The Hall–Kier alpha value is -2.15. The topological polar surface area (TPSA) is 17.1 Å². The first-order valence-electron chi connectivity index (χ1n) is 8.67. The fourth-order valence-corrected chi connectivity index (χ4v) is 12.5. The van der Waals surface area contributed by atoms with Crippen molar-refractivity contribution < 1.29 is 4.57 Å². The minimum atomic E-state index is -2.81. The normalized spacial score (nSPS) is 22.5. The van der Waals surface area contributed by atoms with Crippen molar-refractivity contribution in [1.29, 1.82) is 0 Å². The summed E-state index contributed by atoms with van der Waals surface area (Å²) in [6, 6.07) is 27.0. The van der Waals surface area contributed by atoms with E-state index in [1.807, 2.05) is 36.4 Å². The van der Waals surface area contributed by atoms with Crippen LogP contribution in [-0.2, 0) is 4.57 Å². The quantitative estimate of drug-likeness (QED) is 0.467. The van der Waals surface area contributed by atoms with Gasteiger partial charge in [0, 0.05) is 15.9 Å². The lowest BCUT2D eigenvalue weighted by atomic mass is 10.1. The second-order valence-corrected chi connectivity index (χ2v) is 14.3. The first-order valence-corrected chi connectivity index (χ1v) is 13.4. The first kappa shape index (κ1) is 15.1. The van der Waals surface area contributed by atoms with E-state index in [4.69, 9.17) is 0 Å². The molecule has 0 saturated carbocycles. The van der Waals surface area contributed by atoms with Gasteiger partial charge in [0.25, 0.3) is 0 Å². The molecule has 2 heterocycles. The van der Waals surface area contributed by atoms with Crippen LogP contribution in [0.25, 0.3) is 10.5 Å². The molecule has 0 N–H and O–H groups in total. The molecule has 0 saturated heterocycles. The standard InChI is InChI=1S/C22H19OPSi/c1-25(2)20-15-9-7-13-18(20)21-22(25)17-12-6-8-14-19(17)24(21,23)16-10-4-3-5-11-16/h3-15H,1-2H3/t24-/m1/s1. The van der Waals surface area contributed by atoms with E-state index in [9.17, 15) is 4.57 Å². The molecule has 2 aliphatic rings. The van der Waals surface area contributed by atoms with Gasteiger partial charge >= 0.3 is 0 Å². The molecule has 0 amide bonds. The van der Waals surface area contributed by atoms with Crippen molar-refractivity contribution in [2.45, 2.75) is 13.1 Å². The van der Waals surface area contributed by atoms with E-state index in [1.54, 1.807) is 0 Å². The minimum absolute atomic E-state index is 0.953. The van der Waals surface area contributed by atoms with Crippen molar-refractivity contribution in [3.63, 3.8) is 0 Å². The maximum absolute atomic E-state index is 14.7. The fraction of sp³-hybridized carbons (Fsp3) is 0.0909. The summed E-state index contributed by atoms with van der Waals surface area (Å²) in [5.74, 6) is 0. The van der Waals surface area contributed by atoms with E-state index in [1.165, 1.54) is 21.5 Å². The highest BCUT2D eigenvalue weighted by Crippen LogP contribution is 2.67. The Bertz CT molecular complexity index is 1100. The maximum atomic E-state index is 14.7. The SMILES string of the molecule is C[Si]1(C)C2=C(c3ccccc31)[P@@](=O)(c1ccccc1)c1ccccc12. The van der Waals surface area contributed by atoms with Crippen LogP contribution in [0.5, 0.6) is 0 Å². The second-order valence-electron chi connectivity index (χ2n) is 7.36. The largest absolute Gasteiger partial charge is 0.309 e. The van der Waals surface area contributed by atoms with Crippen molar-refractivity contribution >= 4 is 41.5 Å². The van der Waals surface area contributed by atoms with Crippen LogP contribution in [0.3, 0.4) is 0 Å². The zero-order valence-electron chi connectivity index (χ0n) is 14.4. The Kier molecular flexibility index (Phi) is 2.99. The molecule has 0 bridgehead atoms. The van der Waals surface area contributed by atoms with Gasteiger partial charge in [-0.25, -0.2) is 0 Å². The van der Waals surface area contributed by atoms with Gasteiger partial charge < -0.3 is 4.57 Å². The predicted molar refractivity (Wildman–Crippen MR) is 110 cm³/mol. The molecular formula is C22H19OPSi. The fourth-order valence-electron chi connectivity index (χ4n) is 4.58. The molecule has 25 heavy (non-hydrogen) atoms. The molecule has 0 spiro atoms. The molecule has 3 heteroatoms. The van der Waals surface area contributed by atoms with Crippen LogP contribution < -0.4 is 15.8 Å². The monoisotopic (exact) mass is 358 g/mol. The van der Waals surface area contributed by atoms with Crippen LogP contribution >= 0.6 is 7.14 Å². The van der Waals surface area contributed by atoms with Crippen molar-refractivity contribution in [3.8, 4) is 0 Å². The summed E-state index contributed by atoms with van der Waals surface area (Å²) in [6.07, 6.45) is 0. The molecule has 0 unspecified atom stereocenters. The average molecular weight is 358 g/mol. The van der Waals surface area contributed by atoms with Crippen LogP contribution in [0, 0.1) is 0 Å². The Morgan fingerprint density at radius 3 is 2.08 bits per heavy atom. The van der Waals surface area contributed by atoms with E-state index in [0.717, 1.165) is 15.9 Å². The molecule has 1 nitrogen and oxygen atoms in total. The molecule has 1 atom stereocenters. The molecule has 3 aromatic rings. The van der Waals surface area contributed by atoms with Crippen LogP contribution in [-0.4, -0.2) is 8.07 Å². The second kappa shape index (κ2) is 4.94. The summed E-state index contributed by atoms with van der Waals surface area (Å²) in [5.41, 5.74) is 2.44. The van der Waals surface area contributed by atoms with Crippen molar-refractivity contribution in [3.05, 3.63) is 90.0 Å². The van der Waals surface area contributed by atoms with E-state index in [2.05, 4.69) is 55.6 Å². The number of benzene rings is 3. The van der Waals surface area contributed by atoms with Crippen molar-refractivity contribution in [2.75, 3.05) is 0 Å². The van der Waals surface area contributed by atoms with Gasteiger partial charge in [0.05, 0.1) is 0 Å².